The fourth-order valence-corrected chi connectivity index (χ4v) is 1.11. The predicted molar refractivity (Wildman–Crippen MR) is 58.2 cm³/mol. The van der Waals surface area contributed by atoms with Crippen molar-refractivity contribution >= 4 is 5.97 Å². The van der Waals surface area contributed by atoms with Gasteiger partial charge < -0.3 is 10.1 Å². The second-order valence-corrected chi connectivity index (χ2v) is 3.14. The maximum absolute atomic E-state index is 10.6. The molecule has 0 saturated carbocycles. The van der Waals surface area contributed by atoms with Crippen molar-refractivity contribution in [3.05, 3.63) is 12.7 Å². The Morgan fingerprint density at radius 1 is 1.36 bits per heavy atom. The van der Waals surface area contributed by atoms with Gasteiger partial charge in [-0.3, -0.25) is 0 Å². The molecule has 0 unspecified atom stereocenters. The summed E-state index contributed by atoms with van der Waals surface area (Å²) < 4.78 is 4.85. The predicted octanol–water partition coefficient (Wildman–Crippen LogP) is 1.89. The Morgan fingerprint density at radius 3 is 2.71 bits per heavy atom. The lowest BCUT2D eigenvalue weighted by Gasteiger charge is -2.02. The van der Waals surface area contributed by atoms with E-state index in [1.165, 1.54) is 18.9 Å². The van der Waals surface area contributed by atoms with Crippen LogP contribution >= 0.6 is 0 Å². The third kappa shape index (κ3) is 9.26. The SMILES string of the molecule is C=CC(=O)OCCCCCCNCC. The van der Waals surface area contributed by atoms with Gasteiger partial charge in [0.05, 0.1) is 6.61 Å². The molecule has 0 fully saturated rings. The van der Waals surface area contributed by atoms with Crippen molar-refractivity contribution in [2.45, 2.75) is 32.6 Å². The highest BCUT2D eigenvalue weighted by molar-refractivity contribution is 5.81. The molecule has 0 radical (unpaired) electrons. The minimum absolute atomic E-state index is 0.322. The Morgan fingerprint density at radius 2 is 2.07 bits per heavy atom. The fraction of sp³-hybridized carbons (Fsp3) is 0.727. The molecule has 0 spiro atoms. The third-order valence-electron chi connectivity index (χ3n) is 1.91. The summed E-state index contributed by atoms with van der Waals surface area (Å²) in [6.07, 6.45) is 5.66. The van der Waals surface area contributed by atoms with Crippen LogP contribution in [0.5, 0.6) is 0 Å². The number of carbonyl (C=O) groups excluding carboxylic acids is 1. The van der Waals surface area contributed by atoms with E-state index in [0.29, 0.717) is 6.61 Å². The normalized spacial score (nSPS) is 9.79. The lowest BCUT2D eigenvalue weighted by Crippen LogP contribution is -2.13. The number of hydrogen-bond donors (Lipinski definition) is 1. The highest BCUT2D eigenvalue weighted by Crippen LogP contribution is 1.99. The van der Waals surface area contributed by atoms with Crippen molar-refractivity contribution in [3.8, 4) is 0 Å². The van der Waals surface area contributed by atoms with Gasteiger partial charge in [0, 0.05) is 6.08 Å². The summed E-state index contributed by atoms with van der Waals surface area (Å²) in [6.45, 7) is 8.08. The zero-order chi connectivity index (χ0) is 10.6. The average Bonchev–Trinajstić information content (AvgIpc) is 2.21. The van der Waals surface area contributed by atoms with Crippen molar-refractivity contribution in [1.29, 1.82) is 0 Å². The molecule has 82 valence electrons. The molecule has 3 nitrogen and oxygen atoms in total. The number of unbranched alkanes of at least 4 members (excludes halogenated alkanes) is 3. The molecule has 1 N–H and O–H groups in total. The molecule has 0 bridgehead atoms. The largest absolute Gasteiger partial charge is 0.463 e. The van der Waals surface area contributed by atoms with Crippen molar-refractivity contribution in [3.63, 3.8) is 0 Å². The summed E-state index contributed by atoms with van der Waals surface area (Å²) in [5.41, 5.74) is 0. The van der Waals surface area contributed by atoms with Gasteiger partial charge in [-0.1, -0.05) is 26.3 Å². The third-order valence-corrected chi connectivity index (χ3v) is 1.91. The van der Waals surface area contributed by atoms with E-state index in [1.807, 2.05) is 0 Å². The van der Waals surface area contributed by atoms with Crippen molar-refractivity contribution in [2.24, 2.45) is 0 Å². The Labute approximate surface area is 86.5 Å². The molecule has 0 aliphatic rings. The van der Waals surface area contributed by atoms with Crippen LogP contribution in [0.15, 0.2) is 12.7 Å². The van der Waals surface area contributed by atoms with Crippen LogP contribution in [0.4, 0.5) is 0 Å². The Hall–Kier alpha value is -0.830. The molecular weight excluding hydrogens is 178 g/mol. The van der Waals surface area contributed by atoms with Crippen LogP contribution in [0.1, 0.15) is 32.6 Å². The van der Waals surface area contributed by atoms with Crippen LogP contribution in [0.25, 0.3) is 0 Å². The van der Waals surface area contributed by atoms with E-state index in [2.05, 4.69) is 18.8 Å². The van der Waals surface area contributed by atoms with Crippen LogP contribution in [0.3, 0.4) is 0 Å². The van der Waals surface area contributed by atoms with Crippen LogP contribution < -0.4 is 5.32 Å². The summed E-state index contributed by atoms with van der Waals surface area (Å²) in [6, 6.07) is 0. The monoisotopic (exact) mass is 199 g/mol. The second-order valence-electron chi connectivity index (χ2n) is 3.14. The van der Waals surface area contributed by atoms with Gasteiger partial charge in [-0.2, -0.15) is 0 Å². The smallest absolute Gasteiger partial charge is 0.330 e. The maximum Gasteiger partial charge on any atom is 0.330 e. The molecule has 0 aromatic rings. The summed E-state index contributed by atoms with van der Waals surface area (Å²) in [4.78, 5) is 10.6. The zero-order valence-corrected chi connectivity index (χ0v) is 9.05. The van der Waals surface area contributed by atoms with E-state index in [-0.39, 0.29) is 5.97 Å². The Kier molecular flexibility index (Phi) is 9.64. The van der Waals surface area contributed by atoms with Crippen LogP contribution in [0.2, 0.25) is 0 Å². The fourth-order valence-electron chi connectivity index (χ4n) is 1.11. The van der Waals surface area contributed by atoms with Crippen LogP contribution in [-0.4, -0.2) is 25.7 Å². The lowest BCUT2D eigenvalue weighted by atomic mass is 10.2. The Bertz CT molecular complexity index is 157. The van der Waals surface area contributed by atoms with Gasteiger partial charge in [-0.15, -0.1) is 0 Å². The molecule has 0 aliphatic heterocycles. The molecule has 0 rings (SSSR count). The number of nitrogens with one attached hydrogen (secondary N) is 1. The highest BCUT2D eigenvalue weighted by atomic mass is 16.5. The van der Waals surface area contributed by atoms with Crippen molar-refractivity contribution in [1.82, 2.24) is 5.32 Å². The number of rotatable bonds is 9. The molecular formula is C11H21NO2. The first-order valence-corrected chi connectivity index (χ1v) is 5.31. The van der Waals surface area contributed by atoms with Gasteiger partial charge in [0.1, 0.15) is 0 Å². The van der Waals surface area contributed by atoms with Crippen LogP contribution in [0, 0.1) is 0 Å². The number of carbonyl (C=O) groups is 1. The van der Waals surface area contributed by atoms with Gasteiger partial charge in [-0.25, -0.2) is 4.79 Å². The summed E-state index contributed by atoms with van der Waals surface area (Å²) in [5.74, 6) is -0.322. The van der Waals surface area contributed by atoms with E-state index >= 15 is 0 Å². The van der Waals surface area contributed by atoms with Gasteiger partial charge >= 0.3 is 5.97 Å². The highest BCUT2D eigenvalue weighted by Gasteiger charge is 1.94. The first-order chi connectivity index (χ1) is 6.81. The molecule has 0 saturated heterocycles. The second kappa shape index (κ2) is 10.3. The van der Waals surface area contributed by atoms with E-state index < -0.39 is 0 Å². The Balaban J connectivity index is 2.99. The van der Waals surface area contributed by atoms with Gasteiger partial charge in [0.25, 0.3) is 0 Å². The molecule has 0 aromatic heterocycles. The lowest BCUT2D eigenvalue weighted by molar-refractivity contribution is -0.137. The molecule has 14 heavy (non-hydrogen) atoms. The van der Waals surface area contributed by atoms with Gasteiger partial charge in [0.2, 0.25) is 0 Å². The molecule has 0 atom stereocenters. The summed E-state index contributed by atoms with van der Waals surface area (Å²) in [5, 5.41) is 3.27. The minimum Gasteiger partial charge on any atom is -0.463 e. The van der Waals surface area contributed by atoms with Crippen molar-refractivity contribution in [2.75, 3.05) is 19.7 Å². The molecule has 3 heteroatoms. The summed E-state index contributed by atoms with van der Waals surface area (Å²) in [7, 11) is 0. The minimum atomic E-state index is -0.322. The quantitative estimate of drug-likeness (QED) is 0.350. The molecule has 0 heterocycles. The number of esters is 1. The first-order valence-electron chi connectivity index (χ1n) is 5.31. The molecule has 0 aliphatic carbocycles. The first kappa shape index (κ1) is 13.2. The van der Waals surface area contributed by atoms with E-state index in [9.17, 15) is 4.79 Å². The van der Waals surface area contributed by atoms with Gasteiger partial charge in [-0.05, 0) is 25.9 Å². The number of hydrogen-bond acceptors (Lipinski definition) is 3. The van der Waals surface area contributed by atoms with Crippen molar-refractivity contribution < 1.29 is 9.53 Å². The zero-order valence-electron chi connectivity index (χ0n) is 9.05. The summed E-state index contributed by atoms with van der Waals surface area (Å²) >= 11 is 0. The average molecular weight is 199 g/mol. The number of ether oxygens (including phenoxy) is 1. The van der Waals surface area contributed by atoms with E-state index in [0.717, 1.165) is 25.9 Å². The van der Waals surface area contributed by atoms with E-state index in [4.69, 9.17) is 4.74 Å². The molecule has 0 aromatic carbocycles. The maximum atomic E-state index is 10.6. The topological polar surface area (TPSA) is 38.3 Å². The standard InChI is InChI=1S/C11H21NO2/c1-3-11(13)14-10-8-6-5-7-9-12-4-2/h3,12H,1,4-10H2,2H3. The van der Waals surface area contributed by atoms with Crippen LogP contribution in [-0.2, 0) is 9.53 Å². The molecule has 0 amide bonds. The van der Waals surface area contributed by atoms with Gasteiger partial charge in [0.15, 0.2) is 0 Å². The van der Waals surface area contributed by atoms with E-state index in [1.54, 1.807) is 0 Å².